The van der Waals surface area contributed by atoms with E-state index >= 15 is 0 Å². The minimum absolute atomic E-state index is 0.104. The lowest BCUT2D eigenvalue weighted by molar-refractivity contribution is 0.00251. The molecule has 0 fully saturated rings. The SMILES string of the molecule is Cc1oc(C(=O)O)cc1CNCC(C)(O)CO. The molecule has 1 aromatic rings. The third kappa shape index (κ3) is 3.85. The van der Waals surface area contributed by atoms with Crippen LogP contribution in [0.25, 0.3) is 0 Å². The molecule has 1 unspecified atom stereocenters. The molecular formula is C11H17NO5. The van der Waals surface area contributed by atoms with Gasteiger partial charge in [-0.1, -0.05) is 0 Å². The van der Waals surface area contributed by atoms with Gasteiger partial charge in [0.05, 0.1) is 12.2 Å². The molecule has 0 aliphatic carbocycles. The van der Waals surface area contributed by atoms with Crippen molar-refractivity contribution in [3.63, 3.8) is 0 Å². The van der Waals surface area contributed by atoms with Crippen molar-refractivity contribution in [2.45, 2.75) is 26.0 Å². The van der Waals surface area contributed by atoms with Crippen molar-refractivity contribution in [3.8, 4) is 0 Å². The van der Waals surface area contributed by atoms with Crippen LogP contribution in [-0.4, -0.2) is 40.0 Å². The Balaban J connectivity index is 2.55. The zero-order valence-electron chi connectivity index (χ0n) is 9.86. The van der Waals surface area contributed by atoms with Gasteiger partial charge in [0.1, 0.15) is 5.76 Å². The fourth-order valence-electron chi connectivity index (χ4n) is 1.32. The number of furan rings is 1. The molecule has 17 heavy (non-hydrogen) atoms. The largest absolute Gasteiger partial charge is 0.475 e. The number of nitrogens with one attached hydrogen (secondary N) is 1. The van der Waals surface area contributed by atoms with Crippen molar-refractivity contribution < 1.29 is 24.5 Å². The quantitative estimate of drug-likeness (QED) is 0.566. The summed E-state index contributed by atoms with van der Waals surface area (Å²) < 4.78 is 5.03. The van der Waals surface area contributed by atoms with Crippen LogP contribution in [-0.2, 0) is 6.54 Å². The molecule has 0 saturated heterocycles. The summed E-state index contributed by atoms with van der Waals surface area (Å²) in [6.07, 6.45) is 0. The second kappa shape index (κ2) is 5.31. The molecule has 6 nitrogen and oxygen atoms in total. The van der Waals surface area contributed by atoms with E-state index in [0.29, 0.717) is 12.3 Å². The monoisotopic (exact) mass is 243 g/mol. The summed E-state index contributed by atoms with van der Waals surface area (Å²) in [7, 11) is 0. The topological polar surface area (TPSA) is 103 Å². The van der Waals surface area contributed by atoms with Crippen LogP contribution in [0.2, 0.25) is 0 Å². The van der Waals surface area contributed by atoms with E-state index in [1.54, 1.807) is 6.92 Å². The molecule has 1 aromatic heterocycles. The Hall–Kier alpha value is -1.37. The summed E-state index contributed by atoms with van der Waals surface area (Å²) >= 11 is 0. The summed E-state index contributed by atoms with van der Waals surface area (Å²) in [6.45, 7) is 3.42. The highest BCUT2D eigenvalue weighted by Crippen LogP contribution is 2.14. The Kier molecular flexibility index (Phi) is 4.28. The van der Waals surface area contributed by atoms with Gasteiger partial charge in [0.25, 0.3) is 0 Å². The van der Waals surface area contributed by atoms with Gasteiger partial charge in [0.2, 0.25) is 5.76 Å². The van der Waals surface area contributed by atoms with Crippen LogP contribution in [0, 0.1) is 6.92 Å². The molecule has 0 spiro atoms. The fourth-order valence-corrected chi connectivity index (χ4v) is 1.32. The zero-order valence-corrected chi connectivity index (χ0v) is 9.86. The van der Waals surface area contributed by atoms with Crippen LogP contribution in [0.1, 0.15) is 28.8 Å². The summed E-state index contributed by atoms with van der Waals surface area (Å²) in [5, 5.41) is 30.0. The second-order valence-corrected chi connectivity index (χ2v) is 4.26. The first-order valence-electron chi connectivity index (χ1n) is 5.22. The van der Waals surface area contributed by atoms with Crippen LogP contribution in [0.4, 0.5) is 0 Å². The highest BCUT2D eigenvalue weighted by molar-refractivity contribution is 5.84. The Morgan fingerprint density at radius 1 is 1.59 bits per heavy atom. The van der Waals surface area contributed by atoms with Gasteiger partial charge in [-0.2, -0.15) is 0 Å². The first-order valence-corrected chi connectivity index (χ1v) is 5.22. The van der Waals surface area contributed by atoms with E-state index in [2.05, 4.69) is 5.32 Å². The number of carboxylic acids is 1. The Morgan fingerprint density at radius 3 is 2.71 bits per heavy atom. The minimum Gasteiger partial charge on any atom is -0.475 e. The molecule has 0 saturated carbocycles. The lowest BCUT2D eigenvalue weighted by atomic mass is 10.1. The molecule has 4 N–H and O–H groups in total. The Morgan fingerprint density at radius 2 is 2.24 bits per heavy atom. The van der Waals surface area contributed by atoms with Gasteiger partial charge in [0.15, 0.2) is 0 Å². The number of aliphatic hydroxyl groups excluding tert-OH is 1. The number of aliphatic hydroxyl groups is 2. The number of hydrogen-bond donors (Lipinski definition) is 4. The first kappa shape index (κ1) is 13.7. The highest BCUT2D eigenvalue weighted by Gasteiger charge is 2.19. The predicted octanol–water partition coefficient (Wildman–Crippen LogP) is 0.119. The molecule has 0 aromatic carbocycles. The van der Waals surface area contributed by atoms with Crippen molar-refractivity contribution in [1.29, 1.82) is 0 Å². The van der Waals surface area contributed by atoms with Crippen molar-refractivity contribution in [2.24, 2.45) is 0 Å². The summed E-state index contributed by atoms with van der Waals surface area (Å²) in [5.41, 5.74) is -0.469. The van der Waals surface area contributed by atoms with Crippen LogP contribution in [0.5, 0.6) is 0 Å². The zero-order chi connectivity index (χ0) is 13.1. The van der Waals surface area contributed by atoms with E-state index in [4.69, 9.17) is 14.6 Å². The summed E-state index contributed by atoms with van der Waals surface area (Å²) in [6, 6.07) is 1.44. The third-order valence-electron chi connectivity index (χ3n) is 2.39. The molecule has 0 amide bonds. The van der Waals surface area contributed by atoms with E-state index in [1.807, 2.05) is 0 Å². The smallest absolute Gasteiger partial charge is 0.371 e. The lowest BCUT2D eigenvalue weighted by Gasteiger charge is -2.20. The van der Waals surface area contributed by atoms with E-state index in [-0.39, 0.29) is 18.9 Å². The molecule has 0 bridgehead atoms. The van der Waals surface area contributed by atoms with E-state index in [0.717, 1.165) is 5.56 Å². The van der Waals surface area contributed by atoms with Gasteiger partial charge in [0, 0.05) is 18.7 Å². The number of hydrogen-bond acceptors (Lipinski definition) is 5. The number of carbonyl (C=O) groups is 1. The number of aromatic carboxylic acids is 1. The molecular weight excluding hydrogens is 226 g/mol. The average Bonchev–Trinajstić information content (AvgIpc) is 2.60. The Bertz CT molecular complexity index is 397. The molecule has 1 heterocycles. The fraction of sp³-hybridized carbons (Fsp3) is 0.545. The number of rotatable bonds is 6. The van der Waals surface area contributed by atoms with Gasteiger partial charge in [-0.25, -0.2) is 4.79 Å². The lowest BCUT2D eigenvalue weighted by Crippen LogP contribution is -2.40. The summed E-state index contributed by atoms with van der Waals surface area (Å²) in [5.74, 6) is -0.687. The molecule has 0 aliphatic heterocycles. The van der Waals surface area contributed by atoms with Gasteiger partial charge in [-0.3, -0.25) is 0 Å². The molecule has 1 rings (SSSR count). The number of aryl methyl sites for hydroxylation is 1. The highest BCUT2D eigenvalue weighted by atomic mass is 16.4. The predicted molar refractivity (Wildman–Crippen MR) is 59.8 cm³/mol. The number of carboxylic acid groups (broad SMARTS) is 1. The molecule has 0 radical (unpaired) electrons. The summed E-state index contributed by atoms with van der Waals surface area (Å²) in [4.78, 5) is 10.7. The van der Waals surface area contributed by atoms with Crippen molar-refractivity contribution >= 4 is 5.97 Å². The van der Waals surface area contributed by atoms with Crippen LogP contribution in [0.15, 0.2) is 10.5 Å². The molecule has 96 valence electrons. The van der Waals surface area contributed by atoms with Gasteiger partial charge < -0.3 is 25.1 Å². The van der Waals surface area contributed by atoms with Crippen molar-refractivity contribution in [2.75, 3.05) is 13.2 Å². The Labute approximate surface area is 98.9 Å². The maximum absolute atomic E-state index is 10.7. The van der Waals surface area contributed by atoms with Crippen molar-refractivity contribution in [1.82, 2.24) is 5.32 Å². The van der Waals surface area contributed by atoms with Gasteiger partial charge >= 0.3 is 5.97 Å². The maximum Gasteiger partial charge on any atom is 0.371 e. The standard InChI is InChI=1S/C11H17NO5/c1-7-8(3-9(17-7)10(14)15)4-12-5-11(2,16)6-13/h3,12-13,16H,4-6H2,1-2H3,(H,14,15). The van der Waals surface area contributed by atoms with Crippen LogP contribution < -0.4 is 5.32 Å². The van der Waals surface area contributed by atoms with Crippen LogP contribution >= 0.6 is 0 Å². The van der Waals surface area contributed by atoms with E-state index in [9.17, 15) is 9.90 Å². The molecule has 0 aliphatic rings. The van der Waals surface area contributed by atoms with Gasteiger partial charge in [-0.15, -0.1) is 0 Å². The maximum atomic E-state index is 10.7. The average molecular weight is 243 g/mol. The molecule has 6 heteroatoms. The van der Waals surface area contributed by atoms with Gasteiger partial charge in [-0.05, 0) is 19.9 Å². The third-order valence-corrected chi connectivity index (χ3v) is 2.39. The second-order valence-electron chi connectivity index (χ2n) is 4.26. The van der Waals surface area contributed by atoms with E-state index in [1.165, 1.54) is 13.0 Å². The normalized spacial score (nSPS) is 14.6. The molecule has 1 atom stereocenters. The first-order chi connectivity index (χ1) is 7.85. The minimum atomic E-state index is -1.19. The van der Waals surface area contributed by atoms with E-state index < -0.39 is 11.6 Å². The van der Waals surface area contributed by atoms with Crippen LogP contribution in [0.3, 0.4) is 0 Å². The van der Waals surface area contributed by atoms with Crippen molar-refractivity contribution in [3.05, 3.63) is 23.2 Å².